The summed E-state index contributed by atoms with van der Waals surface area (Å²) in [5.41, 5.74) is 2.79. The Kier molecular flexibility index (Phi) is 4.70. The van der Waals surface area contributed by atoms with Crippen LogP contribution in [0.4, 0.5) is 0 Å². The summed E-state index contributed by atoms with van der Waals surface area (Å²) in [6.07, 6.45) is 2.00. The number of carbonyl (C=O) groups excluding carboxylic acids is 1. The summed E-state index contributed by atoms with van der Waals surface area (Å²) in [6, 6.07) is 7.78. The molecule has 0 aliphatic carbocycles. The van der Waals surface area contributed by atoms with Crippen molar-refractivity contribution in [3.63, 3.8) is 0 Å². The molecule has 0 aromatic heterocycles. The van der Waals surface area contributed by atoms with E-state index in [2.05, 4.69) is 15.9 Å². The first-order valence-corrected chi connectivity index (χ1v) is 8.30. The van der Waals surface area contributed by atoms with E-state index in [1.54, 1.807) is 18.7 Å². The Morgan fingerprint density at radius 3 is 2.45 bits per heavy atom. The molecule has 1 heterocycles. The molecule has 106 valence electrons. The third-order valence-corrected chi connectivity index (χ3v) is 4.71. The largest absolute Gasteiger partial charge is 0.328 e. The predicted molar refractivity (Wildman–Crippen MR) is 89.0 cm³/mol. The number of allylic oxidation sites excluding steroid dienone is 1. The van der Waals surface area contributed by atoms with Gasteiger partial charge in [-0.2, -0.15) is 0 Å². The van der Waals surface area contributed by atoms with Crippen LogP contribution in [0.5, 0.6) is 0 Å². The number of nitrogens with zero attached hydrogens (tertiary/aromatic N) is 2. The number of benzene rings is 1. The minimum Gasteiger partial charge on any atom is -0.328 e. The Labute approximate surface area is 132 Å². The molecule has 2 rings (SSSR count). The highest BCUT2D eigenvalue weighted by atomic mass is 79.9. The molecule has 1 aromatic carbocycles. The van der Waals surface area contributed by atoms with Crippen molar-refractivity contribution in [3.05, 3.63) is 45.6 Å². The molecule has 0 bridgehead atoms. The second-order valence-electron chi connectivity index (χ2n) is 4.68. The molecule has 0 saturated carbocycles. The van der Waals surface area contributed by atoms with Crippen molar-refractivity contribution in [2.24, 2.45) is 4.99 Å². The fourth-order valence-corrected chi connectivity index (χ4v) is 3.19. The molecule has 1 aliphatic rings. The van der Waals surface area contributed by atoms with Crippen molar-refractivity contribution in [1.82, 2.24) is 4.90 Å². The molecule has 20 heavy (non-hydrogen) atoms. The van der Waals surface area contributed by atoms with Crippen LogP contribution in [0.15, 0.2) is 45.0 Å². The van der Waals surface area contributed by atoms with Crippen molar-refractivity contribution < 1.29 is 4.79 Å². The van der Waals surface area contributed by atoms with Crippen molar-refractivity contribution in [1.29, 1.82) is 0 Å². The van der Waals surface area contributed by atoms with E-state index in [-0.39, 0.29) is 11.8 Å². The zero-order valence-corrected chi connectivity index (χ0v) is 14.4. The summed E-state index contributed by atoms with van der Waals surface area (Å²) >= 11 is 5.03. The average Bonchev–Trinajstić information content (AvgIpc) is 2.42. The van der Waals surface area contributed by atoms with E-state index in [9.17, 15) is 4.79 Å². The summed E-state index contributed by atoms with van der Waals surface area (Å²) in [4.78, 5) is 18.8. The van der Waals surface area contributed by atoms with E-state index in [0.29, 0.717) is 0 Å². The molecule has 1 atom stereocenters. The van der Waals surface area contributed by atoms with Crippen molar-refractivity contribution in [2.75, 3.05) is 13.3 Å². The van der Waals surface area contributed by atoms with Gasteiger partial charge in [0.2, 0.25) is 0 Å². The molecule has 0 N–H and O–H groups in total. The topological polar surface area (TPSA) is 32.7 Å². The Morgan fingerprint density at radius 1 is 1.35 bits per heavy atom. The minimum atomic E-state index is -0.209. The predicted octanol–water partition coefficient (Wildman–Crippen LogP) is 4.02. The van der Waals surface area contributed by atoms with Crippen molar-refractivity contribution in [2.45, 2.75) is 19.9 Å². The zero-order chi connectivity index (χ0) is 14.9. The molecular formula is C15H17BrN2OS. The first kappa shape index (κ1) is 15.3. The summed E-state index contributed by atoms with van der Waals surface area (Å²) < 4.78 is 1.02. The Hall–Kier alpha value is -1.07. The highest BCUT2D eigenvalue weighted by Gasteiger charge is 2.29. The van der Waals surface area contributed by atoms with E-state index in [1.165, 1.54) is 0 Å². The van der Waals surface area contributed by atoms with Crippen LogP contribution in [0, 0.1) is 0 Å². The number of Topliss-reactive ketones (excluding diaryl/α,β-unsaturated/α-hetero) is 1. The maximum absolute atomic E-state index is 12.0. The fourth-order valence-electron chi connectivity index (χ4n) is 2.31. The fraction of sp³-hybridized carbons (Fsp3) is 0.333. The molecular weight excluding hydrogens is 336 g/mol. The van der Waals surface area contributed by atoms with Gasteiger partial charge in [0.1, 0.15) is 6.04 Å². The second-order valence-corrected chi connectivity index (χ2v) is 6.37. The lowest BCUT2D eigenvalue weighted by atomic mass is 9.94. The van der Waals surface area contributed by atoms with Crippen LogP contribution in [0.25, 0.3) is 0 Å². The quantitative estimate of drug-likeness (QED) is 0.805. The van der Waals surface area contributed by atoms with Gasteiger partial charge in [-0.3, -0.25) is 4.79 Å². The van der Waals surface area contributed by atoms with Crippen LogP contribution in [-0.2, 0) is 4.79 Å². The molecule has 0 radical (unpaired) electrons. The molecule has 0 saturated heterocycles. The number of hydrogen-bond donors (Lipinski definition) is 0. The molecule has 0 amide bonds. The van der Waals surface area contributed by atoms with Crippen LogP contribution in [0.1, 0.15) is 25.5 Å². The monoisotopic (exact) mass is 352 g/mol. The zero-order valence-electron chi connectivity index (χ0n) is 12.0. The van der Waals surface area contributed by atoms with Gasteiger partial charge in [0.15, 0.2) is 11.0 Å². The van der Waals surface area contributed by atoms with E-state index < -0.39 is 0 Å². The van der Waals surface area contributed by atoms with Gasteiger partial charge in [-0.1, -0.05) is 39.8 Å². The van der Waals surface area contributed by atoms with Gasteiger partial charge < -0.3 is 4.90 Å². The first-order chi connectivity index (χ1) is 9.45. The van der Waals surface area contributed by atoms with Gasteiger partial charge in [-0.05, 0) is 37.8 Å². The summed E-state index contributed by atoms with van der Waals surface area (Å²) in [6.45, 7) is 3.59. The molecule has 1 aliphatic heterocycles. The highest BCUT2D eigenvalue weighted by Crippen LogP contribution is 2.35. The van der Waals surface area contributed by atoms with Gasteiger partial charge in [-0.15, -0.1) is 0 Å². The number of rotatable bonds is 2. The van der Waals surface area contributed by atoms with Crippen LogP contribution in [0.2, 0.25) is 0 Å². The van der Waals surface area contributed by atoms with E-state index in [1.807, 2.05) is 49.4 Å². The number of carbonyl (C=O) groups is 1. The molecule has 0 spiro atoms. The lowest BCUT2D eigenvalue weighted by Gasteiger charge is -2.31. The van der Waals surface area contributed by atoms with Crippen molar-refractivity contribution in [3.8, 4) is 0 Å². The van der Waals surface area contributed by atoms with E-state index in [4.69, 9.17) is 4.99 Å². The lowest BCUT2D eigenvalue weighted by molar-refractivity contribution is -0.114. The minimum absolute atomic E-state index is 0.0752. The van der Waals surface area contributed by atoms with Gasteiger partial charge in [0.05, 0.1) is 0 Å². The molecule has 1 aromatic rings. The first-order valence-electron chi connectivity index (χ1n) is 6.28. The SMILES string of the molecule is CSC1=N[C@@H](c2ccc(Br)cc2)C(C(C)=O)=C(C)N1C. The van der Waals surface area contributed by atoms with Gasteiger partial charge in [0.25, 0.3) is 0 Å². The van der Waals surface area contributed by atoms with Crippen LogP contribution < -0.4 is 0 Å². The lowest BCUT2D eigenvalue weighted by Crippen LogP contribution is -2.31. The number of hydrogen-bond acceptors (Lipinski definition) is 4. The molecule has 0 unspecified atom stereocenters. The molecule has 3 nitrogen and oxygen atoms in total. The van der Waals surface area contributed by atoms with Crippen LogP contribution in [0.3, 0.4) is 0 Å². The standard InChI is InChI=1S/C15H17BrN2OS/c1-9-13(10(2)19)14(17-15(20-4)18(9)3)11-5-7-12(16)8-6-11/h5-8,14H,1-4H3/t14-/m0/s1. The van der Waals surface area contributed by atoms with E-state index >= 15 is 0 Å². The van der Waals surface area contributed by atoms with Crippen LogP contribution >= 0.6 is 27.7 Å². The highest BCUT2D eigenvalue weighted by molar-refractivity contribution is 9.10. The second kappa shape index (κ2) is 6.14. The summed E-state index contributed by atoms with van der Waals surface area (Å²) in [5.74, 6) is 0.0752. The van der Waals surface area contributed by atoms with Gasteiger partial charge >= 0.3 is 0 Å². The summed E-state index contributed by atoms with van der Waals surface area (Å²) in [7, 11) is 1.95. The number of amidine groups is 1. The van der Waals surface area contributed by atoms with Crippen LogP contribution in [-0.4, -0.2) is 29.2 Å². The third kappa shape index (κ3) is 2.83. The third-order valence-electron chi connectivity index (χ3n) is 3.44. The Bertz CT molecular complexity index is 592. The average molecular weight is 353 g/mol. The smallest absolute Gasteiger partial charge is 0.163 e. The van der Waals surface area contributed by atoms with Gasteiger partial charge in [-0.25, -0.2) is 4.99 Å². The Balaban J connectivity index is 2.54. The van der Waals surface area contributed by atoms with E-state index in [0.717, 1.165) is 26.5 Å². The molecule has 5 heteroatoms. The number of halogens is 1. The number of aliphatic imine (C=N–C) groups is 1. The maximum Gasteiger partial charge on any atom is 0.163 e. The number of ketones is 1. The summed E-state index contributed by atoms with van der Waals surface area (Å²) in [5, 5.41) is 0.931. The Morgan fingerprint density at radius 2 is 1.95 bits per heavy atom. The maximum atomic E-state index is 12.0. The van der Waals surface area contributed by atoms with Gasteiger partial charge in [0, 0.05) is 22.8 Å². The van der Waals surface area contributed by atoms with Crippen molar-refractivity contribution >= 4 is 38.6 Å². The normalized spacial score (nSPS) is 19.1. The molecule has 0 fully saturated rings. The number of thioether (sulfide) groups is 1.